The van der Waals surface area contributed by atoms with Gasteiger partial charge in [0.2, 0.25) is 0 Å². The van der Waals surface area contributed by atoms with Crippen LogP contribution in [-0.2, 0) is 6.42 Å². The molecule has 1 fully saturated rings. The van der Waals surface area contributed by atoms with Crippen LogP contribution < -0.4 is 0 Å². The molecule has 0 aliphatic heterocycles. The molecule has 1 aliphatic carbocycles. The zero-order valence-corrected chi connectivity index (χ0v) is 11.2. The van der Waals surface area contributed by atoms with Gasteiger partial charge in [0.25, 0.3) is 0 Å². The van der Waals surface area contributed by atoms with Gasteiger partial charge in [0.15, 0.2) is 0 Å². The number of halogens is 1. The third-order valence-corrected chi connectivity index (χ3v) is 4.97. The molecule has 0 spiro atoms. The first-order valence-corrected chi connectivity index (χ1v) is 6.86. The van der Waals surface area contributed by atoms with E-state index in [1.807, 2.05) is 19.1 Å². The topological polar surface area (TPSA) is 0 Å². The highest BCUT2D eigenvalue weighted by Crippen LogP contribution is 2.53. The van der Waals surface area contributed by atoms with Crippen molar-refractivity contribution >= 4 is 0 Å². The molecule has 0 N–H and O–H groups in total. The lowest BCUT2D eigenvalue weighted by atomic mass is 9.56. The fourth-order valence-corrected chi connectivity index (χ4v) is 3.37. The van der Waals surface area contributed by atoms with Crippen molar-refractivity contribution in [2.24, 2.45) is 11.3 Å². The molecule has 0 amide bonds. The van der Waals surface area contributed by atoms with E-state index in [-0.39, 0.29) is 5.82 Å². The predicted octanol–water partition coefficient (Wildman–Crippen LogP) is 4.89. The summed E-state index contributed by atoms with van der Waals surface area (Å²) in [5.41, 5.74) is 2.66. The number of benzene rings is 1. The Morgan fingerprint density at radius 2 is 2.00 bits per heavy atom. The van der Waals surface area contributed by atoms with Gasteiger partial charge >= 0.3 is 0 Å². The van der Waals surface area contributed by atoms with Crippen molar-refractivity contribution in [2.45, 2.75) is 52.9 Å². The van der Waals surface area contributed by atoms with Crippen LogP contribution >= 0.6 is 0 Å². The third kappa shape index (κ3) is 2.25. The molecule has 1 aromatic rings. The second-order valence-electron chi connectivity index (χ2n) is 5.59. The van der Waals surface area contributed by atoms with Gasteiger partial charge in [0.1, 0.15) is 5.82 Å². The summed E-state index contributed by atoms with van der Waals surface area (Å²) in [6.45, 7) is 6.48. The maximum Gasteiger partial charge on any atom is 0.126 e. The monoisotopic (exact) mass is 234 g/mol. The van der Waals surface area contributed by atoms with Gasteiger partial charge in [-0.1, -0.05) is 38.8 Å². The molecule has 1 heteroatoms. The Balaban J connectivity index is 2.08. The molecule has 0 bridgehead atoms. The fraction of sp³-hybridized carbons (Fsp3) is 0.625. The van der Waals surface area contributed by atoms with Crippen molar-refractivity contribution in [1.82, 2.24) is 0 Å². The van der Waals surface area contributed by atoms with Crippen LogP contribution in [-0.4, -0.2) is 0 Å². The standard InChI is InChI=1S/C16H23F/c1-4-16(5-2)9-8-14(16)11-13-6-7-15(17)12(3)10-13/h6-7,10,14H,4-5,8-9,11H2,1-3H3. The Bertz CT molecular complexity index is 385. The summed E-state index contributed by atoms with van der Waals surface area (Å²) in [5.74, 6) is 0.724. The zero-order valence-electron chi connectivity index (χ0n) is 11.2. The van der Waals surface area contributed by atoms with E-state index >= 15 is 0 Å². The van der Waals surface area contributed by atoms with Gasteiger partial charge in [-0.2, -0.15) is 0 Å². The summed E-state index contributed by atoms with van der Waals surface area (Å²) < 4.78 is 13.2. The van der Waals surface area contributed by atoms with Crippen LogP contribution in [0.3, 0.4) is 0 Å². The molecular formula is C16H23F. The second-order valence-corrected chi connectivity index (χ2v) is 5.59. The van der Waals surface area contributed by atoms with Gasteiger partial charge in [-0.05, 0) is 54.7 Å². The molecule has 1 aromatic carbocycles. The lowest BCUT2D eigenvalue weighted by Crippen LogP contribution is -2.40. The van der Waals surface area contributed by atoms with Crippen molar-refractivity contribution < 1.29 is 4.39 Å². The molecule has 1 atom stereocenters. The minimum atomic E-state index is -0.0837. The lowest BCUT2D eigenvalue weighted by molar-refractivity contribution is 0.0210. The number of hydrogen-bond donors (Lipinski definition) is 0. The normalized spacial score (nSPS) is 22.2. The van der Waals surface area contributed by atoms with Crippen molar-refractivity contribution in [3.63, 3.8) is 0 Å². The summed E-state index contributed by atoms with van der Waals surface area (Å²) in [6, 6.07) is 5.59. The van der Waals surface area contributed by atoms with Crippen molar-refractivity contribution in [1.29, 1.82) is 0 Å². The molecule has 2 rings (SSSR count). The molecule has 0 heterocycles. The average molecular weight is 234 g/mol. The van der Waals surface area contributed by atoms with E-state index in [9.17, 15) is 4.39 Å². The van der Waals surface area contributed by atoms with Gasteiger partial charge in [-0.3, -0.25) is 0 Å². The second kappa shape index (κ2) is 4.80. The van der Waals surface area contributed by atoms with Crippen LogP contribution in [0.15, 0.2) is 18.2 Å². The molecule has 0 aromatic heterocycles. The molecular weight excluding hydrogens is 211 g/mol. The van der Waals surface area contributed by atoms with Gasteiger partial charge in [0.05, 0.1) is 0 Å². The first-order valence-electron chi connectivity index (χ1n) is 6.86. The lowest BCUT2D eigenvalue weighted by Gasteiger charge is -2.49. The number of aryl methyl sites for hydroxylation is 1. The third-order valence-electron chi connectivity index (χ3n) is 4.97. The largest absolute Gasteiger partial charge is 0.207 e. The summed E-state index contributed by atoms with van der Waals surface area (Å²) in [4.78, 5) is 0. The van der Waals surface area contributed by atoms with Crippen LogP contribution in [0.5, 0.6) is 0 Å². The highest BCUT2D eigenvalue weighted by atomic mass is 19.1. The van der Waals surface area contributed by atoms with Crippen LogP contribution in [0.1, 0.15) is 50.7 Å². The maximum absolute atomic E-state index is 13.2. The predicted molar refractivity (Wildman–Crippen MR) is 70.6 cm³/mol. The van der Waals surface area contributed by atoms with Gasteiger partial charge in [-0.25, -0.2) is 4.39 Å². The molecule has 0 radical (unpaired) electrons. The smallest absolute Gasteiger partial charge is 0.126 e. The van der Waals surface area contributed by atoms with Crippen LogP contribution in [0.2, 0.25) is 0 Å². The molecule has 1 aliphatic rings. The van der Waals surface area contributed by atoms with E-state index < -0.39 is 0 Å². The summed E-state index contributed by atoms with van der Waals surface area (Å²) in [6.07, 6.45) is 6.43. The highest BCUT2D eigenvalue weighted by molar-refractivity contribution is 5.25. The van der Waals surface area contributed by atoms with Crippen molar-refractivity contribution in [3.8, 4) is 0 Å². The molecule has 94 valence electrons. The van der Waals surface area contributed by atoms with E-state index in [2.05, 4.69) is 13.8 Å². The van der Waals surface area contributed by atoms with E-state index in [1.165, 1.54) is 31.2 Å². The van der Waals surface area contributed by atoms with E-state index in [0.717, 1.165) is 17.9 Å². The van der Waals surface area contributed by atoms with Crippen LogP contribution in [0, 0.1) is 24.1 Å². The van der Waals surface area contributed by atoms with Crippen molar-refractivity contribution in [2.75, 3.05) is 0 Å². The summed E-state index contributed by atoms with van der Waals surface area (Å²) >= 11 is 0. The van der Waals surface area contributed by atoms with E-state index in [1.54, 1.807) is 6.07 Å². The zero-order chi connectivity index (χ0) is 12.5. The van der Waals surface area contributed by atoms with Gasteiger partial charge in [0, 0.05) is 0 Å². The molecule has 0 saturated heterocycles. The van der Waals surface area contributed by atoms with Crippen LogP contribution in [0.25, 0.3) is 0 Å². The minimum Gasteiger partial charge on any atom is -0.207 e. The quantitative estimate of drug-likeness (QED) is 0.695. The average Bonchev–Trinajstić information content (AvgIpc) is 2.31. The number of rotatable bonds is 4. The first kappa shape index (κ1) is 12.6. The van der Waals surface area contributed by atoms with Crippen LogP contribution in [0.4, 0.5) is 4.39 Å². The Hall–Kier alpha value is -0.850. The molecule has 0 nitrogen and oxygen atoms in total. The maximum atomic E-state index is 13.2. The minimum absolute atomic E-state index is 0.0837. The van der Waals surface area contributed by atoms with Gasteiger partial charge in [-0.15, -0.1) is 0 Å². The van der Waals surface area contributed by atoms with Crippen molar-refractivity contribution in [3.05, 3.63) is 35.1 Å². The fourth-order valence-electron chi connectivity index (χ4n) is 3.37. The summed E-state index contributed by atoms with van der Waals surface area (Å²) in [7, 11) is 0. The highest BCUT2D eigenvalue weighted by Gasteiger charge is 2.43. The summed E-state index contributed by atoms with van der Waals surface area (Å²) in [5, 5.41) is 0. The Labute approximate surface area is 104 Å². The number of hydrogen-bond acceptors (Lipinski definition) is 0. The first-order chi connectivity index (χ1) is 8.11. The molecule has 1 saturated carbocycles. The van der Waals surface area contributed by atoms with E-state index in [0.29, 0.717) is 5.41 Å². The van der Waals surface area contributed by atoms with Gasteiger partial charge < -0.3 is 0 Å². The SMILES string of the molecule is CCC1(CC)CCC1Cc1ccc(F)c(C)c1. The Morgan fingerprint density at radius 1 is 1.29 bits per heavy atom. The molecule has 17 heavy (non-hydrogen) atoms. The van der Waals surface area contributed by atoms with E-state index in [4.69, 9.17) is 0 Å². The Morgan fingerprint density at radius 3 is 2.47 bits per heavy atom. The Kier molecular flexibility index (Phi) is 3.56. The molecule has 1 unspecified atom stereocenters.